The summed E-state index contributed by atoms with van der Waals surface area (Å²) in [7, 11) is 5.35. The fourth-order valence-electron chi connectivity index (χ4n) is 2.14. The van der Waals surface area contributed by atoms with Crippen molar-refractivity contribution < 1.29 is 9.47 Å². The smallest absolute Gasteiger partial charge is 0.161 e. The number of methoxy groups -OCH3 is 1. The molecule has 1 heterocycles. The number of benzene rings is 1. The van der Waals surface area contributed by atoms with Crippen LogP contribution in [0.4, 0.5) is 0 Å². The Hall–Kier alpha value is -1.72. The number of hydrogen-bond donors (Lipinski definition) is 1. The van der Waals surface area contributed by atoms with Crippen LogP contribution in [-0.2, 0) is 20.2 Å². The van der Waals surface area contributed by atoms with E-state index in [0.717, 1.165) is 23.4 Å². The molecule has 0 amide bonds. The average Bonchev–Trinajstić information content (AvgIpc) is 2.71. The maximum atomic E-state index is 6.21. The standard InChI is InChI=1S/C15H20ClN3O2/c1-10-12(15(16)19(3)18-10)9-21-14-7-11(8-17-2)5-6-13(14)20-4/h5-7,17H,8-9H2,1-4H3. The van der Waals surface area contributed by atoms with Crippen molar-refractivity contribution >= 4 is 11.6 Å². The predicted molar refractivity (Wildman–Crippen MR) is 83.0 cm³/mol. The van der Waals surface area contributed by atoms with Crippen molar-refractivity contribution in [3.63, 3.8) is 0 Å². The van der Waals surface area contributed by atoms with Crippen LogP contribution in [0.3, 0.4) is 0 Å². The first kappa shape index (κ1) is 15.7. The molecule has 0 saturated heterocycles. The summed E-state index contributed by atoms with van der Waals surface area (Å²) >= 11 is 6.21. The lowest BCUT2D eigenvalue weighted by Gasteiger charge is -2.12. The minimum absolute atomic E-state index is 0.359. The highest BCUT2D eigenvalue weighted by molar-refractivity contribution is 6.30. The molecule has 1 aromatic carbocycles. The number of aromatic nitrogens is 2. The summed E-state index contributed by atoms with van der Waals surface area (Å²) in [6.07, 6.45) is 0. The first-order chi connectivity index (χ1) is 10.1. The fraction of sp³-hybridized carbons (Fsp3) is 0.400. The van der Waals surface area contributed by atoms with Crippen LogP contribution in [0.15, 0.2) is 18.2 Å². The first-order valence-corrected chi connectivity index (χ1v) is 7.07. The van der Waals surface area contributed by atoms with Crippen LogP contribution >= 0.6 is 11.6 Å². The molecular formula is C15H20ClN3O2. The minimum Gasteiger partial charge on any atom is -0.493 e. The van der Waals surface area contributed by atoms with E-state index in [0.29, 0.717) is 23.3 Å². The Morgan fingerprint density at radius 3 is 2.67 bits per heavy atom. The molecule has 0 fully saturated rings. The van der Waals surface area contributed by atoms with Gasteiger partial charge in [-0.3, -0.25) is 4.68 Å². The third-order valence-corrected chi connectivity index (χ3v) is 3.72. The van der Waals surface area contributed by atoms with Crippen molar-refractivity contribution in [3.8, 4) is 11.5 Å². The number of ether oxygens (including phenoxy) is 2. The molecule has 0 aliphatic rings. The molecule has 0 unspecified atom stereocenters. The van der Waals surface area contributed by atoms with Gasteiger partial charge in [0.15, 0.2) is 11.5 Å². The zero-order valence-electron chi connectivity index (χ0n) is 12.7. The molecule has 114 valence electrons. The second kappa shape index (κ2) is 6.83. The zero-order chi connectivity index (χ0) is 15.4. The molecule has 0 radical (unpaired) electrons. The fourth-order valence-corrected chi connectivity index (χ4v) is 2.36. The molecule has 5 nitrogen and oxygen atoms in total. The van der Waals surface area contributed by atoms with E-state index in [2.05, 4.69) is 10.4 Å². The summed E-state index contributed by atoms with van der Waals surface area (Å²) < 4.78 is 12.9. The monoisotopic (exact) mass is 309 g/mol. The highest BCUT2D eigenvalue weighted by atomic mass is 35.5. The lowest BCUT2D eigenvalue weighted by Crippen LogP contribution is -2.06. The summed E-state index contributed by atoms with van der Waals surface area (Å²) in [5.74, 6) is 1.40. The van der Waals surface area contributed by atoms with Gasteiger partial charge in [-0.2, -0.15) is 5.10 Å². The third-order valence-electron chi connectivity index (χ3n) is 3.25. The molecule has 0 bridgehead atoms. The van der Waals surface area contributed by atoms with Crippen molar-refractivity contribution in [1.82, 2.24) is 15.1 Å². The molecule has 0 spiro atoms. The number of aryl methyl sites for hydroxylation is 2. The van der Waals surface area contributed by atoms with Gasteiger partial charge in [-0.25, -0.2) is 0 Å². The zero-order valence-corrected chi connectivity index (χ0v) is 13.5. The Kier molecular flexibility index (Phi) is 5.09. The Bertz CT molecular complexity index is 626. The summed E-state index contributed by atoms with van der Waals surface area (Å²) in [6.45, 7) is 3.05. The topological polar surface area (TPSA) is 48.3 Å². The van der Waals surface area contributed by atoms with Crippen LogP contribution in [0.5, 0.6) is 11.5 Å². The van der Waals surface area contributed by atoms with Crippen LogP contribution in [0.1, 0.15) is 16.8 Å². The Labute approximate surface area is 129 Å². The third kappa shape index (κ3) is 3.49. The molecule has 2 rings (SSSR count). The second-order valence-corrected chi connectivity index (χ2v) is 5.14. The number of hydrogen-bond acceptors (Lipinski definition) is 4. The lowest BCUT2D eigenvalue weighted by molar-refractivity contribution is 0.283. The van der Waals surface area contributed by atoms with Gasteiger partial charge in [0, 0.05) is 19.2 Å². The molecule has 0 aliphatic carbocycles. The first-order valence-electron chi connectivity index (χ1n) is 6.69. The lowest BCUT2D eigenvalue weighted by atomic mass is 10.2. The van der Waals surface area contributed by atoms with E-state index in [-0.39, 0.29) is 0 Å². The number of nitrogens with one attached hydrogen (secondary N) is 1. The minimum atomic E-state index is 0.359. The van der Waals surface area contributed by atoms with Crippen molar-refractivity contribution in [2.45, 2.75) is 20.1 Å². The molecule has 2 aromatic rings. The summed E-state index contributed by atoms with van der Waals surface area (Å²) in [5, 5.41) is 7.98. The highest BCUT2D eigenvalue weighted by Gasteiger charge is 2.13. The molecule has 0 saturated carbocycles. The predicted octanol–water partition coefficient (Wildman–Crippen LogP) is 2.69. The van der Waals surface area contributed by atoms with Gasteiger partial charge in [0.2, 0.25) is 0 Å². The molecule has 21 heavy (non-hydrogen) atoms. The van der Waals surface area contributed by atoms with Gasteiger partial charge in [-0.15, -0.1) is 0 Å². The molecule has 1 aromatic heterocycles. The van der Waals surface area contributed by atoms with E-state index in [1.807, 2.05) is 39.2 Å². The maximum Gasteiger partial charge on any atom is 0.161 e. The normalized spacial score (nSPS) is 10.7. The molecule has 0 aliphatic heterocycles. The Morgan fingerprint density at radius 1 is 1.33 bits per heavy atom. The molecule has 6 heteroatoms. The SMILES string of the molecule is CNCc1ccc(OC)c(OCc2c(C)nn(C)c2Cl)c1. The average molecular weight is 310 g/mol. The van der Waals surface area contributed by atoms with E-state index >= 15 is 0 Å². The summed E-state index contributed by atoms with van der Waals surface area (Å²) in [6, 6.07) is 5.87. The molecule has 1 N–H and O–H groups in total. The summed E-state index contributed by atoms with van der Waals surface area (Å²) in [4.78, 5) is 0. The maximum absolute atomic E-state index is 6.21. The highest BCUT2D eigenvalue weighted by Crippen LogP contribution is 2.30. The largest absolute Gasteiger partial charge is 0.493 e. The van der Waals surface area contributed by atoms with Crippen molar-refractivity contribution in [1.29, 1.82) is 0 Å². The van der Waals surface area contributed by atoms with Gasteiger partial charge in [-0.1, -0.05) is 17.7 Å². The van der Waals surface area contributed by atoms with Gasteiger partial charge in [0.05, 0.1) is 12.8 Å². The van der Waals surface area contributed by atoms with Crippen LogP contribution in [-0.4, -0.2) is 23.9 Å². The van der Waals surface area contributed by atoms with E-state index < -0.39 is 0 Å². The van der Waals surface area contributed by atoms with Crippen LogP contribution < -0.4 is 14.8 Å². The Balaban J connectivity index is 2.20. The van der Waals surface area contributed by atoms with E-state index in [4.69, 9.17) is 21.1 Å². The number of halogens is 1. The van der Waals surface area contributed by atoms with Gasteiger partial charge in [0.1, 0.15) is 11.8 Å². The van der Waals surface area contributed by atoms with E-state index in [9.17, 15) is 0 Å². The van der Waals surface area contributed by atoms with Crippen molar-refractivity contribution in [2.24, 2.45) is 7.05 Å². The van der Waals surface area contributed by atoms with Gasteiger partial charge in [0.25, 0.3) is 0 Å². The van der Waals surface area contributed by atoms with Crippen LogP contribution in [0.25, 0.3) is 0 Å². The van der Waals surface area contributed by atoms with Gasteiger partial charge < -0.3 is 14.8 Å². The van der Waals surface area contributed by atoms with Crippen molar-refractivity contribution in [2.75, 3.05) is 14.2 Å². The second-order valence-electron chi connectivity index (χ2n) is 4.78. The van der Waals surface area contributed by atoms with Crippen LogP contribution in [0, 0.1) is 6.92 Å². The quantitative estimate of drug-likeness (QED) is 0.891. The van der Waals surface area contributed by atoms with Crippen molar-refractivity contribution in [3.05, 3.63) is 40.2 Å². The molecule has 0 atom stereocenters. The van der Waals surface area contributed by atoms with Crippen LogP contribution in [0.2, 0.25) is 5.15 Å². The van der Waals surface area contributed by atoms with Gasteiger partial charge in [-0.05, 0) is 31.7 Å². The van der Waals surface area contributed by atoms with E-state index in [1.54, 1.807) is 11.8 Å². The van der Waals surface area contributed by atoms with Gasteiger partial charge >= 0.3 is 0 Å². The number of rotatable bonds is 6. The molecular weight excluding hydrogens is 290 g/mol. The number of nitrogens with zero attached hydrogens (tertiary/aromatic N) is 2. The Morgan fingerprint density at radius 2 is 2.10 bits per heavy atom. The summed E-state index contributed by atoms with van der Waals surface area (Å²) in [5.41, 5.74) is 2.88. The van der Waals surface area contributed by atoms with E-state index in [1.165, 1.54) is 0 Å².